The van der Waals surface area contributed by atoms with Crippen LogP contribution in [0.3, 0.4) is 0 Å². The highest BCUT2D eigenvalue weighted by molar-refractivity contribution is 8.00. The van der Waals surface area contributed by atoms with E-state index < -0.39 is 80.5 Å². The molecule has 0 amide bonds. The van der Waals surface area contributed by atoms with Crippen molar-refractivity contribution in [2.45, 2.75) is 57.9 Å². The van der Waals surface area contributed by atoms with E-state index in [4.69, 9.17) is 0 Å². The van der Waals surface area contributed by atoms with Gasteiger partial charge in [0.25, 0.3) is 0 Å². The molecule has 2 aliphatic rings. The monoisotopic (exact) mass is 582 g/mol. The van der Waals surface area contributed by atoms with Gasteiger partial charge in [-0.25, -0.2) is 0 Å². The molecule has 0 spiro atoms. The van der Waals surface area contributed by atoms with E-state index in [2.05, 4.69) is 25.7 Å². The second-order valence-electron chi connectivity index (χ2n) is 7.76. The Morgan fingerprint density at radius 2 is 0.541 bits per heavy atom. The van der Waals surface area contributed by atoms with Gasteiger partial charge in [-0.1, -0.05) is 23.7 Å². The summed E-state index contributed by atoms with van der Waals surface area (Å²) in [6, 6.07) is 0. The highest BCUT2D eigenvalue weighted by atomic mass is 32.2. The van der Waals surface area contributed by atoms with Gasteiger partial charge in [0.2, 0.25) is 10.8 Å². The van der Waals surface area contributed by atoms with Crippen LogP contribution in [-0.4, -0.2) is 57.9 Å². The average Bonchev–Trinajstić information content (AvgIpc) is 2.73. The Morgan fingerprint density at radius 3 is 0.676 bits per heavy atom. The molecule has 0 unspecified atom stereocenters. The van der Waals surface area contributed by atoms with E-state index in [1.807, 2.05) is 0 Å². The van der Waals surface area contributed by atoms with Crippen LogP contribution in [0.4, 0.5) is 70.2 Å². The summed E-state index contributed by atoms with van der Waals surface area (Å²) in [6.45, 7) is 0. The maximum absolute atomic E-state index is 14.6. The van der Waals surface area contributed by atoms with Gasteiger partial charge in [-0.15, -0.1) is 37.5 Å². The van der Waals surface area contributed by atoms with Gasteiger partial charge in [-0.05, 0) is 0 Å². The highest BCUT2D eigenvalue weighted by Gasteiger charge is 2.96. The van der Waals surface area contributed by atoms with E-state index in [9.17, 15) is 70.2 Å². The first-order chi connectivity index (χ1) is 16.2. The van der Waals surface area contributed by atoms with Crippen LogP contribution in [0.25, 0.3) is 0 Å². The van der Waals surface area contributed by atoms with Gasteiger partial charge in [0.05, 0.1) is 0 Å². The standard InChI is InChI=1S/C20H6F16S/c1-5-11(6-2)17(29,30)13(21,22)9(14(23,24)18(11,31)32)37-10-15(25,26)19(33,34)12(7-3,8-4)20(35,36)16(10,27)28/h1-4,9-10H. The SMILES string of the molecule is C#CC1(C#C)C(F)(F)C(F)(F)C(SC2C(F)(F)C(F)(F)C(C#C)(C#C)C(F)(F)C2(F)F)C(F)(F)C1(F)F. The van der Waals surface area contributed by atoms with Crippen LogP contribution < -0.4 is 0 Å². The van der Waals surface area contributed by atoms with Crippen molar-refractivity contribution in [2.75, 3.05) is 0 Å². The van der Waals surface area contributed by atoms with Crippen molar-refractivity contribution in [2.24, 2.45) is 10.8 Å². The van der Waals surface area contributed by atoms with Gasteiger partial charge in [0.1, 0.15) is 10.5 Å². The second-order valence-corrected chi connectivity index (χ2v) is 8.98. The van der Waals surface area contributed by atoms with Crippen LogP contribution in [0, 0.1) is 60.2 Å². The molecule has 0 nitrogen and oxygen atoms in total. The summed E-state index contributed by atoms with van der Waals surface area (Å²) in [4.78, 5) is 0. The molecule has 37 heavy (non-hydrogen) atoms. The molecule has 2 fully saturated rings. The lowest BCUT2D eigenvalue weighted by molar-refractivity contribution is -0.385. The molecule has 0 radical (unpaired) electrons. The van der Waals surface area contributed by atoms with Crippen molar-refractivity contribution < 1.29 is 70.2 Å². The fourth-order valence-corrected chi connectivity index (χ4v) is 5.34. The quantitative estimate of drug-likeness (QED) is 0.282. The molecule has 0 aliphatic heterocycles. The van der Waals surface area contributed by atoms with Gasteiger partial charge < -0.3 is 0 Å². The number of hydrogen-bond acceptors (Lipinski definition) is 1. The van der Waals surface area contributed by atoms with Crippen molar-refractivity contribution in [3.05, 3.63) is 0 Å². The Kier molecular flexibility index (Phi) is 6.24. The molecule has 0 aromatic rings. The third-order valence-electron chi connectivity index (χ3n) is 6.01. The van der Waals surface area contributed by atoms with E-state index in [1.54, 1.807) is 0 Å². The fraction of sp³-hybridized carbons (Fsp3) is 0.600. The summed E-state index contributed by atoms with van der Waals surface area (Å²) in [7, 11) is 0. The zero-order chi connectivity index (χ0) is 29.7. The van der Waals surface area contributed by atoms with Crippen molar-refractivity contribution >= 4 is 11.8 Å². The minimum Gasteiger partial charge on any atom is -0.198 e. The van der Waals surface area contributed by atoms with Gasteiger partial charge in [0.15, 0.2) is 0 Å². The molecular formula is C20H6F16S. The Bertz CT molecular complexity index is 975. The predicted molar refractivity (Wildman–Crippen MR) is 94.9 cm³/mol. The number of terminal acetylenes is 4. The van der Waals surface area contributed by atoms with Gasteiger partial charge >= 0.3 is 47.4 Å². The number of thioether (sulfide) groups is 1. The van der Waals surface area contributed by atoms with Gasteiger partial charge in [0, 0.05) is 0 Å². The van der Waals surface area contributed by atoms with Crippen LogP contribution in [0.1, 0.15) is 0 Å². The molecule has 0 heterocycles. The first-order valence-corrected chi connectivity index (χ1v) is 9.75. The maximum atomic E-state index is 14.6. The van der Waals surface area contributed by atoms with E-state index in [0.29, 0.717) is 0 Å². The summed E-state index contributed by atoms with van der Waals surface area (Å²) >= 11 is -2.77. The topological polar surface area (TPSA) is 0 Å². The number of halogens is 16. The summed E-state index contributed by atoms with van der Waals surface area (Å²) in [5, 5.41) is -11.0. The largest absolute Gasteiger partial charge is 0.344 e. The molecule has 2 saturated carbocycles. The third kappa shape index (κ3) is 2.77. The molecule has 2 aliphatic carbocycles. The van der Waals surface area contributed by atoms with Gasteiger partial charge in [-0.2, -0.15) is 70.2 Å². The fourth-order valence-electron chi connectivity index (χ4n) is 3.79. The summed E-state index contributed by atoms with van der Waals surface area (Å²) < 4.78 is 232. The van der Waals surface area contributed by atoms with Crippen LogP contribution in [-0.2, 0) is 0 Å². The number of alkyl halides is 16. The first-order valence-electron chi connectivity index (χ1n) is 8.80. The van der Waals surface area contributed by atoms with E-state index >= 15 is 0 Å². The van der Waals surface area contributed by atoms with Crippen LogP contribution >= 0.6 is 11.8 Å². The Morgan fingerprint density at radius 1 is 0.378 bits per heavy atom. The van der Waals surface area contributed by atoms with Crippen molar-refractivity contribution in [1.29, 1.82) is 0 Å². The lowest BCUT2D eigenvalue weighted by atomic mass is 9.65. The Balaban J connectivity index is 2.93. The maximum Gasteiger partial charge on any atom is 0.344 e. The van der Waals surface area contributed by atoms with Crippen LogP contribution in [0.2, 0.25) is 0 Å². The Labute approximate surface area is 200 Å². The van der Waals surface area contributed by atoms with E-state index in [0.717, 1.165) is 0 Å². The van der Waals surface area contributed by atoms with Crippen LogP contribution in [0.5, 0.6) is 0 Å². The normalized spacial score (nSPS) is 31.0. The number of rotatable bonds is 2. The molecule has 0 bridgehead atoms. The summed E-state index contributed by atoms with van der Waals surface area (Å²) in [5.41, 5.74) is -11.1. The van der Waals surface area contributed by atoms with E-state index in [1.165, 1.54) is 0 Å². The summed E-state index contributed by atoms with van der Waals surface area (Å²) in [6.07, 6.45) is 17.2. The minimum atomic E-state index is -6.88. The molecule has 2 rings (SSSR count). The molecule has 17 heteroatoms. The molecule has 204 valence electrons. The minimum absolute atomic E-state index is 0.182. The molecule has 0 N–H and O–H groups in total. The van der Waals surface area contributed by atoms with Crippen molar-refractivity contribution in [3.63, 3.8) is 0 Å². The average molecular weight is 582 g/mol. The lowest BCUT2D eigenvalue weighted by Crippen LogP contribution is -2.80. The zero-order valence-electron chi connectivity index (χ0n) is 16.9. The van der Waals surface area contributed by atoms with Crippen LogP contribution in [0.15, 0.2) is 0 Å². The Hall–Kier alpha value is -2.53. The van der Waals surface area contributed by atoms with E-state index in [-0.39, 0.29) is 23.7 Å². The third-order valence-corrected chi connectivity index (χ3v) is 7.74. The molecule has 0 atom stereocenters. The smallest absolute Gasteiger partial charge is 0.198 e. The molecule has 0 aromatic carbocycles. The predicted octanol–water partition coefficient (Wildman–Crippen LogP) is 6.07. The first kappa shape index (κ1) is 30.7. The second kappa shape index (κ2) is 7.53. The molecule has 0 aromatic heterocycles. The summed E-state index contributed by atoms with van der Waals surface area (Å²) in [5.74, 6) is -53.8. The van der Waals surface area contributed by atoms with Gasteiger partial charge in [-0.3, -0.25) is 0 Å². The zero-order valence-corrected chi connectivity index (χ0v) is 17.7. The van der Waals surface area contributed by atoms with Crippen molar-refractivity contribution in [3.8, 4) is 49.4 Å². The molecular weight excluding hydrogens is 576 g/mol. The van der Waals surface area contributed by atoms with Crippen molar-refractivity contribution in [1.82, 2.24) is 0 Å². The number of hydrogen-bond donors (Lipinski definition) is 0. The highest BCUT2D eigenvalue weighted by Crippen LogP contribution is 2.73. The lowest BCUT2D eigenvalue weighted by Gasteiger charge is -2.56. The molecule has 0 saturated heterocycles.